The van der Waals surface area contributed by atoms with Gasteiger partial charge in [-0.15, -0.1) is 10.2 Å². The smallest absolute Gasteiger partial charge is 0.289 e. The van der Waals surface area contributed by atoms with Gasteiger partial charge in [-0.2, -0.15) is 0 Å². The average molecular weight is 479 g/mol. The van der Waals surface area contributed by atoms with E-state index < -0.39 is 5.91 Å². The van der Waals surface area contributed by atoms with Crippen molar-refractivity contribution in [3.8, 4) is 0 Å². The van der Waals surface area contributed by atoms with Crippen molar-refractivity contribution in [2.45, 2.75) is 18.8 Å². The van der Waals surface area contributed by atoms with E-state index in [0.29, 0.717) is 28.5 Å². The lowest BCUT2D eigenvalue weighted by Crippen LogP contribution is -2.38. The fourth-order valence-corrected chi connectivity index (χ4v) is 4.33. The number of rotatable bonds is 4. The molecule has 1 aliphatic rings. The number of hydrogen-bond acceptors (Lipinski definition) is 6. The van der Waals surface area contributed by atoms with Crippen LogP contribution in [-0.2, 0) is 0 Å². The van der Waals surface area contributed by atoms with Crippen LogP contribution in [0.4, 0.5) is 10.1 Å². The van der Waals surface area contributed by atoms with Crippen LogP contribution in [-0.4, -0.2) is 40.0 Å². The van der Waals surface area contributed by atoms with Gasteiger partial charge >= 0.3 is 0 Å². The van der Waals surface area contributed by atoms with Gasteiger partial charge in [-0.05, 0) is 65.2 Å². The van der Waals surface area contributed by atoms with Gasteiger partial charge in [0, 0.05) is 24.7 Å². The van der Waals surface area contributed by atoms with Crippen LogP contribution in [0.25, 0.3) is 0 Å². The highest BCUT2D eigenvalue weighted by Crippen LogP contribution is 2.30. The minimum Gasteiger partial charge on any atom is -0.444 e. The second kappa shape index (κ2) is 8.42. The van der Waals surface area contributed by atoms with Gasteiger partial charge < -0.3 is 14.6 Å². The molecule has 3 heterocycles. The topological polar surface area (TPSA) is 88.3 Å². The zero-order valence-corrected chi connectivity index (χ0v) is 17.5. The van der Waals surface area contributed by atoms with E-state index in [4.69, 9.17) is 4.42 Å². The van der Waals surface area contributed by atoms with Gasteiger partial charge in [0.05, 0.1) is 0 Å². The average Bonchev–Trinajstić information content (AvgIpc) is 3.39. The highest BCUT2D eigenvalue weighted by Gasteiger charge is 2.29. The van der Waals surface area contributed by atoms with Crippen molar-refractivity contribution in [1.82, 2.24) is 15.1 Å². The van der Waals surface area contributed by atoms with Crippen molar-refractivity contribution in [2.75, 3.05) is 18.4 Å². The maximum atomic E-state index is 13.0. The number of nitrogens with one attached hydrogen (secondary N) is 1. The summed E-state index contributed by atoms with van der Waals surface area (Å²) in [5.41, 5.74) is 0.479. The maximum Gasteiger partial charge on any atom is 0.289 e. The normalized spacial score (nSPS) is 16.6. The molecule has 29 heavy (non-hydrogen) atoms. The lowest BCUT2D eigenvalue weighted by Gasteiger charge is -2.30. The molecule has 1 atom stereocenters. The van der Waals surface area contributed by atoms with E-state index in [2.05, 4.69) is 31.4 Å². The molecule has 2 amide bonds. The summed E-state index contributed by atoms with van der Waals surface area (Å²) >= 11 is 4.41. The third-order valence-corrected chi connectivity index (χ3v) is 6.09. The second-order valence-electron chi connectivity index (χ2n) is 6.60. The third-order valence-electron chi connectivity index (χ3n) is 4.58. The molecule has 0 spiro atoms. The van der Waals surface area contributed by atoms with Gasteiger partial charge in [-0.3, -0.25) is 9.59 Å². The van der Waals surface area contributed by atoms with E-state index in [0.717, 1.165) is 12.8 Å². The first-order valence-electron chi connectivity index (χ1n) is 8.94. The second-order valence-corrected chi connectivity index (χ2v) is 8.39. The van der Waals surface area contributed by atoms with Gasteiger partial charge in [-0.25, -0.2) is 4.39 Å². The summed E-state index contributed by atoms with van der Waals surface area (Å²) in [4.78, 5) is 26.7. The van der Waals surface area contributed by atoms with Crippen LogP contribution in [0, 0.1) is 5.82 Å². The zero-order chi connectivity index (χ0) is 20.4. The number of amides is 2. The van der Waals surface area contributed by atoms with Gasteiger partial charge in [0.2, 0.25) is 5.01 Å². The molecule has 150 valence electrons. The first-order valence-corrected chi connectivity index (χ1v) is 10.6. The number of carbonyl (C=O) groups excluding carboxylic acids is 2. The van der Waals surface area contributed by atoms with Crippen molar-refractivity contribution in [1.29, 1.82) is 0 Å². The Morgan fingerprint density at radius 1 is 1.21 bits per heavy atom. The van der Waals surface area contributed by atoms with Crippen LogP contribution in [0.2, 0.25) is 0 Å². The van der Waals surface area contributed by atoms with Crippen LogP contribution >= 0.6 is 27.3 Å². The summed E-state index contributed by atoms with van der Waals surface area (Å²) < 4.78 is 18.9. The molecule has 0 bridgehead atoms. The van der Waals surface area contributed by atoms with E-state index in [-0.39, 0.29) is 28.4 Å². The van der Waals surface area contributed by atoms with Crippen molar-refractivity contribution in [2.24, 2.45) is 0 Å². The minimum absolute atomic E-state index is 0.0102. The highest BCUT2D eigenvalue weighted by molar-refractivity contribution is 9.10. The summed E-state index contributed by atoms with van der Waals surface area (Å²) in [5, 5.41) is 11.8. The molecule has 0 aliphatic carbocycles. The number of nitrogens with zero attached hydrogens (tertiary/aromatic N) is 3. The van der Waals surface area contributed by atoms with E-state index >= 15 is 0 Å². The Kier molecular flexibility index (Phi) is 5.72. The van der Waals surface area contributed by atoms with Gasteiger partial charge in [0.1, 0.15) is 10.8 Å². The predicted octanol–water partition coefficient (Wildman–Crippen LogP) is 4.30. The Balaban J connectivity index is 1.42. The molecule has 1 aromatic carbocycles. The number of piperidine rings is 1. The van der Waals surface area contributed by atoms with Crippen LogP contribution in [0.15, 0.2) is 45.5 Å². The highest BCUT2D eigenvalue weighted by atomic mass is 79.9. The maximum absolute atomic E-state index is 13.0. The number of anilines is 1. The first-order chi connectivity index (χ1) is 14.0. The fraction of sp³-hybridized carbons (Fsp3) is 0.263. The molecule has 2 aromatic heterocycles. The summed E-state index contributed by atoms with van der Waals surface area (Å²) in [5.74, 6) is -0.645. The van der Waals surface area contributed by atoms with Crippen molar-refractivity contribution < 1.29 is 18.4 Å². The van der Waals surface area contributed by atoms with Gasteiger partial charge in [0.15, 0.2) is 10.4 Å². The predicted molar refractivity (Wildman–Crippen MR) is 109 cm³/mol. The van der Waals surface area contributed by atoms with Gasteiger partial charge in [-0.1, -0.05) is 11.3 Å². The molecule has 1 saturated heterocycles. The largest absolute Gasteiger partial charge is 0.444 e. The number of halogens is 2. The summed E-state index contributed by atoms with van der Waals surface area (Å²) in [7, 11) is 0. The van der Waals surface area contributed by atoms with Crippen LogP contribution in [0.5, 0.6) is 0 Å². The molecular formula is C19H16BrFN4O3S. The SMILES string of the molecule is O=C(Nc1ccc(F)cc1)c1nnc(C2CCCN(C(=O)c3ccc(Br)o3)C2)s1. The number of benzene rings is 1. The summed E-state index contributed by atoms with van der Waals surface area (Å²) in [6.45, 7) is 1.13. The quantitative estimate of drug-likeness (QED) is 0.603. The van der Waals surface area contributed by atoms with Crippen molar-refractivity contribution in [3.05, 3.63) is 62.7 Å². The molecule has 7 nitrogen and oxygen atoms in total. The number of hydrogen-bond donors (Lipinski definition) is 1. The standard InChI is InChI=1S/C19H16BrFN4O3S/c20-15-8-7-14(28-15)19(27)25-9-1-2-11(10-25)17-23-24-18(29-17)16(26)22-13-5-3-12(21)4-6-13/h3-8,11H,1-2,9-10H2,(H,22,26). The van der Waals surface area contributed by atoms with E-state index in [1.54, 1.807) is 17.0 Å². The number of aromatic nitrogens is 2. The fourth-order valence-electron chi connectivity index (χ4n) is 3.16. The molecule has 3 aromatic rings. The zero-order valence-electron chi connectivity index (χ0n) is 15.1. The third kappa shape index (κ3) is 4.54. The van der Waals surface area contributed by atoms with Crippen LogP contribution < -0.4 is 5.32 Å². The van der Waals surface area contributed by atoms with Crippen LogP contribution in [0.1, 0.15) is 44.1 Å². The lowest BCUT2D eigenvalue weighted by molar-refractivity contribution is 0.0673. The van der Waals surface area contributed by atoms with Crippen molar-refractivity contribution >= 4 is 44.8 Å². The van der Waals surface area contributed by atoms with E-state index in [1.807, 2.05) is 0 Å². The molecule has 4 rings (SSSR count). The summed E-state index contributed by atoms with van der Waals surface area (Å²) in [6.07, 6.45) is 1.69. The Labute approximate surface area is 178 Å². The Morgan fingerprint density at radius 3 is 2.72 bits per heavy atom. The number of likely N-dealkylation sites (tertiary alicyclic amines) is 1. The molecule has 0 radical (unpaired) electrons. The van der Waals surface area contributed by atoms with E-state index in [1.165, 1.54) is 35.6 Å². The van der Waals surface area contributed by atoms with Crippen molar-refractivity contribution in [3.63, 3.8) is 0 Å². The van der Waals surface area contributed by atoms with Gasteiger partial charge in [0.25, 0.3) is 11.8 Å². The number of carbonyl (C=O) groups is 2. The lowest BCUT2D eigenvalue weighted by atomic mass is 9.98. The Morgan fingerprint density at radius 2 is 2.00 bits per heavy atom. The first kappa shape index (κ1) is 19.7. The Bertz CT molecular complexity index is 1040. The molecule has 0 saturated carbocycles. The molecule has 1 aliphatic heterocycles. The summed E-state index contributed by atoms with van der Waals surface area (Å²) in [6, 6.07) is 8.82. The Hall–Kier alpha value is -2.59. The number of furan rings is 1. The molecule has 1 N–H and O–H groups in total. The molecule has 1 fully saturated rings. The van der Waals surface area contributed by atoms with Crippen LogP contribution in [0.3, 0.4) is 0 Å². The molecule has 1 unspecified atom stereocenters. The minimum atomic E-state index is -0.399. The van der Waals surface area contributed by atoms with E-state index in [9.17, 15) is 14.0 Å². The molecular weight excluding hydrogens is 463 g/mol. The molecule has 10 heteroatoms. The monoisotopic (exact) mass is 478 g/mol.